The van der Waals surface area contributed by atoms with Crippen LogP contribution in [0.25, 0.3) is 0 Å². The molecule has 0 bridgehead atoms. The number of benzene rings is 1. The number of rotatable bonds is 5. The monoisotopic (exact) mass is 356 g/mol. The van der Waals surface area contributed by atoms with E-state index in [9.17, 15) is 9.50 Å². The van der Waals surface area contributed by atoms with E-state index in [-0.39, 0.29) is 10.8 Å². The molecule has 0 aromatic heterocycles. The lowest BCUT2D eigenvalue weighted by Gasteiger charge is -2.41. The zero-order valence-corrected chi connectivity index (χ0v) is 15.0. The van der Waals surface area contributed by atoms with Crippen LogP contribution in [0.3, 0.4) is 0 Å². The fraction of sp³-hybridized carbons (Fsp3) is 0.667. The molecule has 6 heteroatoms. The van der Waals surface area contributed by atoms with Gasteiger partial charge in [-0.25, -0.2) is 4.39 Å². The van der Waals surface area contributed by atoms with Crippen LogP contribution < -0.4 is 4.74 Å². The Morgan fingerprint density at radius 2 is 1.92 bits per heavy atom. The molecule has 0 radical (unpaired) electrons. The quantitative estimate of drug-likeness (QED) is 0.880. The fourth-order valence-corrected chi connectivity index (χ4v) is 4.29. The number of likely N-dealkylation sites (tertiary alicyclic amines) is 2. The molecule has 2 aliphatic rings. The van der Waals surface area contributed by atoms with Gasteiger partial charge in [0.05, 0.1) is 17.7 Å². The Morgan fingerprint density at radius 1 is 1.21 bits per heavy atom. The summed E-state index contributed by atoms with van der Waals surface area (Å²) in [7, 11) is 1.41. The lowest BCUT2D eigenvalue weighted by molar-refractivity contribution is -0.0519. The lowest BCUT2D eigenvalue weighted by atomic mass is 9.92. The number of aliphatic hydroxyl groups is 1. The van der Waals surface area contributed by atoms with Crippen molar-refractivity contribution in [3.63, 3.8) is 0 Å². The second kappa shape index (κ2) is 7.56. The molecule has 2 saturated heterocycles. The Kier molecular flexibility index (Phi) is 5.65. The molecular formula is C18H26ClFN2O2. The summed E-state index contributed by atoms with van der Waals surface area (Å²) in [4.78, 5) is 4.55. The molecule has 2 heterocycles. The summed E-state index contributed by atoms with van der Waals surface area (Å²) in [5, 5.41) is 11.3. The first-order chi connectivity index (χ1) is 11.5. The smallest absolute Gasteiger partial charge is 0.173 e. The van der Waals surface area contributed by atoms with Crippen molar-refractivity contribution >= 4 is 11.6 Å². The van der Waals surface area contributed by atoms with Gasteiger partial charge < -0.3 is 14.7 Å². The standard InChI is InChI=1S/C18H26ClFN2O2/c1-24-17-15(19)9-14(10-16(17)20)11-22-8-4-5-18(23,13-22)12-21-6-2-3-7-21/h9-10,23H,2-8,11-13H2,1H3/t18-/m0/s1. The Morgan fingerprint density at radius 3 is 2.58 bits per heavy atom. The number of nitrogens with zero attached hydrogens (tertiary/aromatic N) is 2. The molecule has 2 fully saturated rings. The second-order valence-electron chi connectivity index (χ2n) is 7.11. The van der Waals surface area contributed by atoms with Gasteiger partial charge in [-0.3, -0.25) is 4.90 Å². The summed E-state index contributed by atoms with van der Waals surface area (Å²) >= 11 is 6.08. The van der Waals surface area contributed by atoms with E-state index in [1.54, 1.807) is 6.07 Å². The van der Waals surface area contributed by atoms with Crippen LogP contribution in [0.1, 0.15) is 31.2 Å². The summed E-state index contributed by atoms with van der Waals surface area (Å²) in [5.74, 6) is -0.353. The summed E-state index contributed by atoms with van der Waals surface area (Å²) in [6.45, 7) is 5.02. The Labute approximate surface area is 148 Å². The topological polar surface area (TPSA) is 35.9 Å². The molecule has 3 rings (SSSR count). The van der Waals surface area contributed by atoms with Crippen LogP contribution in [-0.2, 0) is 6.54 Å². The Hall–Kier alpha value is -0.880. The minimum Gasteiger partial charge on any atom is -0.492 e. The number of hydrogen-bond donors (Lipinski definition) is 1. The summed E-state index contributed by atoms with van der Waals surface area (Å²) < 4.78 is 19.0. The minimum absolute atomic E-state index is 0.0876. The first-order valence-corrected chi connectivity index (χ1v) is 9.06. The summed E-state index contributed by atoms with van der Waals surface area (Å²) in [6, 6.07) is 3.22. The van der Waals surface area contributed by atoms with E-state index in [1.165, 1.54) is 26.0 Å². The van der Waals surface area contributed by atoms with Gasteiger partial charge in [-0.05, 0) is 63.0 Å². The van der Waals surface area contributed by atoms with Gasteiger partial charge in [0.15, 0.2) is 11.6 Å². The minimum atomic E-state index is -0.669. The van der Waals surface area contributed by atoms with E-state index in [4.69, 9.17) is 16.3 Å². The number of halogens is 2. The SMILES string of the molecule is COc1c(F)cc(CN2CCC[C@](O)(CN3CCCC3)C2)cc1Cl. The van der Waals surface area contributed by atoms with Crippen LogP contribution in [0.5, 0.6) is 5.75 Å². The predicted octanol–water partition coefficient (Wildman–Crippen LogP) is 2.91. The van der Waals surface area contributed by atoms with E-state index >= 15 is 0 Å². The van der Waals surface area contributed by atoms with Crippen LogP contribution in [0, 0.1) is 5.82 Å². The first-order valence-electron chi connectivity index (χ1n) is 8.68. The maximum atomic E-state index is 14.0. The lowest BCUT2D eigenvalue weighted by Crippen LogP contribution is -2.53. The van der Waals surface area contributed by atoms with Gasteiger partial charge in [0.25, 0.3) is 0 Å². The van der Waals surface area contributed by atoms with Crippen molar-refractivity contribution in [3.8, 4) is 5.75 Å². The molecule has 1 atom stereocenters. The van der Waals surface area contributed by atoms with Gasteiger partial charge in [-0.2, -0.15) is 0 Å². The molecule has 0 amide bonds. The third-order valence-corrected chi connectivity index (χ3v) is 5.30. The van der Waals surface area contributed by atoms with E-state index in [0.717, 1.165) is 44.6 Å². The predicted molar refractivity (Wildman–Crippen MR) is 93.1 cm³/mol. The normalized spacial score (nSPS) is 26.0. The average Bonchev–Trinajstić information content (AvgIpc) is 2.99. The third-order valence-electron chi connectivity index (χ3n) is 5.02. The van der Waals surface area contributed by atoms with E-state index in [0.29, 0.717) is 13.1 Å². The third kappa shape index (κ3) is 4.20. The summed E-state index contributed by atoms with van der Waals surface area (Å²) in [6.07, 6.45) is 4.24. The van der Waals surface area contributed by atoms with Crippen molar-refractivity contribution in [2.45, 2.75) is 37.8 Å². The highest BCUT2D eigenvalue weighted by atomic mass is 35.5. The van der Waals surface area contributed by atoms with Gasteiger partial charge in [0, 0.05) is 19.6 Å². The Balaban J connectivity index is 1.64. The van der Waals surface area contributed by atoms with Crippen LogP contribution in [0.4, 0.5) is 4.39 Å². The molecular weight excluding hydrogens is 331 g/mol. The first kappa shape index (κ1) is 17.9. The molecule has 0 aliphatic carbocycles. The van der Waals surface area contributed by atoms with Crippen molar-refractivity contribution in [2.75, 3.05) is 39.8 Å². The highest BCUT2D eigenvalue weighted by molar-refractivity contribution is 6.32. The van der Waals surface area contributed by atoms with Crippen LogP contribution in [0.15, 0.2) is 12.1 Å². The highest BCUT2D eigenvalue weighted by Crippen LogP contribution is 2.30. The van der Waals surface area contributed by atoms with Crippen LogP contribution in [-0.4, -0.2) is 60.3 Å². The Bertz CT molecular complexity index is 557. The van der Waals surface area contributed by atoms with Gasteiger partial charge in [-0.15, -0.1) is 0 Å². The van der Waals surface area contributed by atoms with E-state index in [1.807, 2.05) is 0 Å². The molecule has 0 saturated carbocycles. The van der Waals surface area contributed by atoms with Gasteiger partial charge in [-0.1, -0.05) is 11.6 Å². The molecule has 1 aromatic rings. The molecule has 134 valence electrons. The largest absolute Gasteiger partial charge is 0.492 e. The van der Waals surface area contributed by atoms with Crippen molar-refractivity contribution in [1.29, 1.82) is 0 Å². The molecule has 4 nitrogen and oxygen atoms in total. The van der Waals surface area contributed by atoms with Crippen molar-refractivity contribution in [2.24, 2.45) is 0 Å². The number of β-amino-alcohol motifs (C(OH)–C–C–N with tert-alkyl or cyclic N) is 1. The van der Waals surface area contributed by atoms with Gasteiger partial charge >= 0.3 is 0 Å². The number of ether oxygens (including phenoxy) is 1. The zero-order chi connectivity index (χ0) is 17.2. The highest BCUT2D eigenvalue weighted by Gasteiger charge is 2.35. The maximum Gasteiger partial charge on any atom is 0.173 e. The molecule has 1 aromatic carbocycles. The molecule has 0 unspecified atom stereocenters. The van der Waals surface area contributed by atoms with E-state index in [2.05, 4.69) is 9.80 Å². The molecule has 24 heavy (non-hydrogen) atoms. The molecule has 1 N–H and O–H groups in total. The molecule has 2 aliphatic heterocycles. The number of piperidine rings is 1. The summed E-state index contributed by atoms with van der Waals surface area (Å²) in [5.41, 5.74) is 0.140. The zero-order valence-electron chi connectivity index (χ0n) is 14.2. The van der Waals surface area contributed by atoms with Crippen LogP contribution >= 0.6 is 11.6 Å². The van der Waals surface area contributed by atoms with Crippen molar-refractivity contribution < 1.29 is 14.2 Å². The molecule has 0 spiro atoms. The maximum absolute atomic E-state index is 14.0. The number of methoxy groups -OCH3 is 1. The van der Waals surface area contributed by atoms with Crippen molar-refractivity contribution in [1.82, 2.24) is 9.80 Å². The van der Waals surface area contributed by atoms with Crippen LogP contribution in [0.2, 0.25) is 5.02 Å². The van der Waals surface area contributed by atoms with Gasteiger partial charge in [0.1, 0.15) is 0 Å². The van der Waals surface area contributed by atoms with Gasteiger partial charge in [0.2, 0.25) is 0 Å². The average molecular weight is 357 g/mol. The second-order valence-corrected chi connectivity index (χ2v) is 7.52. The van der Waals surface area contributed by atoms with Crippen molar-refractivity contribution in [3.05, 3.63) is 28.5 Å². The number of hydrogen-bond acceptors (Lipinski definition) is 4. The van der Waals surface area contributed by atoms with E-state index < -0.39 is 11.4 Å². The fourth-order valence-electron chi connectivity index (χ4n) is 3.98.